The van der Waals surface area contributed by atoms with Crippen LogP contribution in [0.15, 0.2) is 42.7 Å². The van der Waals surface area contributed by atoms with Crippen molar-refractivity contribution < 1.29 is 4.43 Å². The van der Waals surface area contributed by atoms with Crippen LogP contribution in [-0.4, -0.2) is 22.9 Å². The van der Waals surface area contributed by atoms with Crippen molar-refractivity contribution in [2.45, 2.75) is 91.8 Å². The molecule has 0 aromatic carbocycles. The molecule has 0 N–H and O–H groups in total. The van der Waals surface area contributed by atoms with E-state index in [0.717, 1.165) is 30.1 Å². The number of aryl methyl sites for hydroxylation is 5. The SMILES string of the molecule is CCC[Si](CCC)(CCC)Oc1cncc(CCc2cc(C)cc(-n3c(C)ccc3C)n2)c1. The van der Waals surface area contributed by atoms with Gasteiger partial charge in [-0.05, 0) is 93.2 Å². The van der Waals surface area contributed by atoms with Gasteiger partial charge < -0.3 is 8.99 Å². The second-order valence-electron chi connectivity index (χ2n) is 9.51. The van der Waals surface area contributed by atoms with Gasteiger partial charge in [0.1, 0.15) is 11.6 Å². The van der Waals surface area contributed by atoms with Crippen molar-refractivity contribution >= 4 is 8.32 Å². The molecule has 0 saturated carbocycles. The van der Waals surface area contributed by atoms with Crippen molar-refractivity contribution in [3.05, 3.63) is 70.9 Å². The minimum Gasteiger partial charge on any atom is -0.542 e. The molecule has 5 heteroatoms. The van der Waals surface area contributed by atoms with Crippen molar-refractivity contribution in [1.29, 1.82) is 0 Å². The zero-order valence-corrected chi connectivity index (χ0v) is 22.4. The molecule has 3 aromatic heterocycles. The van der Waals surface area contributed by atoms with E-state index in [0.29, 0.717) is 0 Å². The van der Waals surface area contributed by atoms with Gasteiger partial charge in [-0.15, -0.1) is 0 Å². The summed E-state index contributed by atoms with van der Waals surface area (Å²) in [6.45, 7) is 13.3. The summed E-state index contributed by atoms with van der Waals surface area (Å²) in [5.41, 5.74) is 6.01. The third-order valence-corrected chi connectivity index (χ3v) is 11.3. The molecule has 0 atom stereocenters. The molecule has 0 aliphatic heterocycles. The van der Waals surface area contributed by atoms with Gasteiger partial charge in [-0.1, -0.05) is 40.0 Å². The molecular weight excluding hydrogens is 422 g/mol. The molecule has 4 nitrogen and oxygen atoms in total. The molecule has 0 aliphatic carbocycles. The standard InChI is InChI=1S/C28H41N3OSi/c1-7-14-33(15-8-2,16-9-3)32-27-19-25(20-29-21-27)12-13-26-17-22(4)18-28(30-26)31-23(5)10-11-24(31)6/h10-11,17-21H,7-9,12-16H2,1-6H3. The van der Waals surface area contributed by atoms with Gasteiger partial charge in [-0.25, -0.2) is 4.98 Å². The smallest absolute Gasteiger partial charge is 0.251 e. The molecule has 0 fully saturated rings. The van der Waals surface area contributed by atoms with Crippen LogP contribution in [0.2, 0.25) is 18.1 Å². The highest BCUT2D eigenvalue weighted by atomic mass is 28.4. The lowest BCUT2D eigenvalue weighted by molar-refractivity contribution is 0.515. The Morgan fingerprint density at radius 2 is 1.45 bits per heavy atom. The molecule has 0 bridgehead atoms. The maximum absolute atomic E-state index is 6.79. The van der Waals surface area contributed by atoms with Gasteiger partial charge in [0.05, 0.1) is 6.20 Å². The number of pyridine rings is 2. The first-order valence-corrected chi connectivity index (χ1v) is 15.2. The molecular formula is C28H41N3OSi. The summed E-state index contributed by atoms with van der Waals surface area (Å²) < 4.78 is 9.02. The van der Waals surface area contributed by atoms with E-state index >= 15 is 0 Å². The first-order chi connectivity index (χ1) is 15.9. The van der Waals surface area contributed by atoms with Crippen LogP contribution in [0.1, 0.15) is 68.2 Å². The van der Waals surface area contributed by atoms with E-state index in [9.17, 15) is 0 Å². The maximum atomic E-state index is 6.79. The fourth-order valence-electron chi connectivity index (χ4n) is 5.07. The summed E-state index contributed by atoms with van der Waals surface area (Å²) in [5, 5.41) is 0. The van der Waals surface area contributed by atoms with Crippen molar-refractivity contribution in [3.63, 3.8) is 0 Å². The zero-order valence-electron chi connectivity index (χ0n) is 21.4. The summed E-state index contributed by atoms with van der Waals surface area (Å²) in [7, 11) is -1.76. The van der Waals surface area contributed by atoms with Crippen LogP contribution in [0.25, 0.3) is 5.82 Å². The number of aromatic nitrogens is 3. The van der Waals surface area contributed by atoms with E-state index in [4.69, 9.17) is 9.41 Å². The molecule has 0 spiro atoms. The summed E-state index contributed by atoms with van der Waals surface area (Å²) in [6, 6.07) is 14.6. The molecule has 3 heterocycles. The monoisotopic (exact) mass is 463 g/mol. The van der Waals surface area contributed by atoms with Crippen LogP contribution >= 0.6 is 0 Å². The quantitative estimate of drug-likeness (QED) is 0.261. The summed E-state index contributed by atoms with van der Waals surface area (Å²) >= 11 is 0. The van der Waals surface area contributed by atoms with Crippen LogP contribution < -0.4 is 4.43 Å². The minimum absolute atomic E-state index is 0.890. The fraction of sp³-hybridized carbons (Fsp3) is 0.500. The highest BCUT2D eigenvalue weighted by Crippen LogP contribution is 2.30. The topological polar surface area (TPSA) is 39.9 Å². The Morgan fingerprint density at radius 1 is 0.818 bits per heavy atom. The van der Waals surface area contributed by atoms with Gasteiger partial charge >= 0.3 is 0 Å². The van der Waals surface area contributed by atoms with E-state index in [1.54, 1.807) is 0 Å². The predicted molar refractivity (Wildman–Crippen MR) is 141 cm³/mol. The lowest BCUT2D eigenvalue weighted by Crippen LogP contribution is -2.41. The number of nitrogens with zero attached hydrogens (tertiary/aromatic N) is 3. The number of hydrogen-bond donors (Lipinski definition) is 0. The molecule has 0 amide bonds. The van der Waals surface area contributed by atoms with Crippen molar-refractivity contribution in [2.75, 3.05) is 0 Å². The van der Waals surface area contributed by atoms with E-state index in [2.05, 4.69) is 81.4 Å². The Kier molecular flexibility index (Phi) is 8.90. The normalized spacial score (nSPS) is 11.7. The van der Waals surface area contributed by atoms with Gasteiger partial charge in [-0.2, -0.15) is 0 Å². The lowest BCUT2D eigenvalue weighted by atomic mass is 10.1. The third kappa shape index (κ3) is 6.56. The molecule has 3 rings (SSSR count). The third-order valence-electron chi connectivity index (χ3n) is 6.40. The van der Waals surface area contributed by atoms with Crippen LogP contribution in [0.3, 0.4) is 0 Å². The summed E-state index contributed by atoms with van der Waals surface area (Å²) in [5.74, 6) is 1.97. The van der Waals surface area contributed by atoms with Gasteiger partial charge in [-0.3, -0.25) is 4.98 Å². The first kappa shape index (κ1) is 25.2. The van der Waals surface area contributed by atoms with Gasteiger partial charge in [0, 0.05) is 23.3 Å². The van der Waals surface area contributed by atoms with Crippen molar-refractivity contribution in [3.8, 4) is 11.6 Å². The largest absolute Gasteiger partial charge is 0.542 e. The lowest BCUT2D eigenvalue weighted by Gasteiger charge is -2.31. The average molecular weight is 464 g/mol. The molecule has 0 aliphatic rings. The van der Waals surface area contributed by atoms with Gasteiger partial charge in [0.2, 0.25) is 0 Å². The average Bonchev–Trinajstić information content (AvgIpc) is 3.11. The Morgan fingerprint density at radius 3 is 2.06 bits per heavy atom. The van der Waals surface area contributed by atoms with E-state index in [-0.39, 0.29) is 0 Å². The van der Waals surface area contributed by atoms with E-state index in [1.165, 1.54) is 59.9 Å². The van der Waals surface area contributed by atoms with Gasteiger partial charge in [0.15, 0.2) is 0 Å². The Labute approximate surface area is 201 Å². The Hall–Kier alpha value is -2.40. The number of rotatable bonds is 12. The van der Waals surface area contributed by atoms with Gasteiger partial charge in [0.25, 0.3) is 8.32 Å². The van der Waals surface area contributed by atoms with Crippen molar-refractivity contribution in [1.82, 2.24) is 14.5 Å². The van der Waals surface area contributed by atoms with Crippen LogP contribution in [-0.2, 0) is 12.8 Å². The second-order valence-corrected chi connectivity index (χ2v) is 13.6. The highest BCUT2D eigenvalue weighted by Gasteiger charge is 2.34. The van der Waals surface area contributed by atoms with Crippen molar-refractivity contribution in [2.24, 2.45) is 0 Å². The summed E-state index contributed by atoms with van der Waals surface area (Å²) in [4.78, 5) is 9.52. The molecule has 0 radical (unpaired) electrons. The minimum atomic E-state index is -1.76. The summed E-state index contributed by atoms with van der Waals surface area (Å²) in [6.07, 6.45) is 9.27. The molecule has 0 unspecified atom stereocenters. The fourth-order valence-corrected chi connectivity index (χ4v) is 9.47. The van der Waals surface area contributed by atoms with Crippen LogP contribution in [0.5, 0.6) is 5.75 Å². The Bertz CT molecular complexity index is 1010. The maximum Gasteiger partial charge on any atom is 0.251 e. The zero-order chi connectivity index (χ0) is 23.8. The Balaban J connectivity index is 1.76. The molecule has 178 valence electrons. The molecule has 33 heavy (non-hydrogen) atoms. The predicted octanol–water partition coefficient (Wildman–Crippen LogP) is 7.53. The van der Waals surface area contributed by atoms with E-state index < -0.39 is 8.32 Å². The van der Waals surface area contributed by atoms with Crippen LogP contribution in [0.4, 0.5) is 0 Å². The molecule has 0 saturated heterocycles. The second kappa shape index (κ2) is 11.6. The van der Waals surface area contributed by atoms with E-state index in [1.807, 2.05) is 12.4 Å². The molecule has 3 aromatic rings. The van der Waals surface area contributed by atoms with Crippen LogP contribution in [0, 0.1) is 20.8 Å². The number of hydrogen-bond acceptors (Lipinski definition) is 3. The highest BCUT2D eigenvalue weighted by molar-refractivity contribution is 6.74. The first-order valence-electron chi connectivity index (χ1n) is 12.7.